The van der Waals surface area contributed by atoms with Gasteiger partial charge in [-0.2, -0.15) is 0 Å². The minimum absolute atomic E-state index is 0.0461. The van der Waals surface area contributed by atoms with Crippen molar-refractivity contribution in [1.82, 2.24) is 10.2 Å². The molecule has 218 valence electrons. The number of nitrogens with one attached hydrogen (secondary N) is 1. The van der Waals surface area contributed by atoms with E-state index < -0.39 is 28.5 Å². The lowest BCUT2D eigenvalue weighted by molar-refractivity contribution is -0.139. The molecule has 2 amide bonds. The highest BCUT2D eigenvalue weighted by atomic mass is 35.5. The highest BCUT2D eigenvalue weighted by Crippen LogP contribution is 2.29. The summed E-state index contributed by atoms with van der Waals surface area (Å²) in [4.78, 5) is 29.2. The molecule has 0 aliphatic heterocycles. The number of likely N-dealkylation sites (N-methyl/N-ethyl adjacent to an activating group) is 1. The molecule has 0 unspecified atom stereocenters. The first-order valence-electron chi connectivity index (χ1n) is 13.5. The number of rotatable bonds is 11. The van der Waals surface area contributed by atoms with Crippen LogP contribution in [-0.2, 0) is 32.6 Å². The van der Waals surface area contributed by atoms with Gasteiger partial charge >= 0.3 is 0 Å². The summed E-state index contributed by atoms with van der Waals surface area (Å²) in [5.41, 5.74) is 3.59. The Labute approximate surface area is 252 Å². The van der Waals surface area contributed by atoms with Gasteiger partial charge in [-0.15, -0.1) is 0 Å². The van der Waals surface area contributed by atoms with E-state index in [9.17, 15) is 18.0 Å². The van der Waals surface area contributed by atoms with Crippen LogP contribution >= 0.6 is 11.6 Å². The van der Waals surface area contributed by atoms with Crippen LogP contribution in [0.2, 0.25) is 5.02 Å². The minimum atomic E-state index is -4.17. The number of amides is 2. The Hall–Kier alpha value is -4.14. The van der Waals surface area contributed by atoms with Gasteiger partial charge in [0, 0.05) is 25.0 Å². The summed E-state index contributed by atoms with van der Waals surface area (Å²) in [5.74, 6) is -0.863. The molecule has 0 saturated heterocycles. The number of hydrogen-bond donors (Lipinski definition) is 1. The van der Waals surface area contributed by atoms with Crippen LogP contribution in [0, 0.1) is 13.8 Å². The largest absolute Gasteiger partial charge is 0.357 e. The molecule has 0 bridgehead atoms. The van der Waals surface area contributed by atoms with Gasteiger partial charge in [-0.25, -0.2) is 8.42 Å². The summed E-state index contributed by atoms with van der Waals surface area (Å²) in [6.45, 7) is 3.28. The maximum absolute atomic E-state index is 14.4. The molecule has 0 fully saturated rings. The predicted octanol–water partition coefficient (Wildman–Crippen LogP) is 5.54. The van der Waals surface area contributed by atoms with E-state index in [2.05, 4.69) is 5.32 Å². The molecule has 0 aliphatic carbocycles. The van der Waals surface area contributed by atoms with Gasteiger partial charge < -0.3 is 10.2 Å². The van der Waals surface area contributed by atoms with Crippen molar-refractivity contribution in [3.8, 4) is 0 Å². The fourth-order valence-corrected chi connectivity index (χ4v) is 6.55. The first kappa shape index (κ1) is 30.8. The summed E-state index contributed by atoms with van der Waals surface area (Å²) in [5, 5.41) is 3.15. The summed E-state index contributed by atoms with van der Waals surface area (Å²) >= 11 is 6.20. The Morgan fingerprint density at radius 1 is 0.833 bits per heavy atom. The average molecular weight is 604 g/mol. The standard InChI is InChI=1S/C33H34ClN3O4S/c1-24-12-10-11-15-27(24)22-36(31(33(39)35-3)21-26-13-6-4-7-14-26)32(38)23-37(30-19-18-28(34)20-25(30)2)42(40,41)29-16-8-5-9-17-29/h4-20,31H,21-23H2,1-3H3,(H,35,39)/t31-/m0/s1. The van der Waals surface area contributed by atoms with Crippen LogP contribution in [0.25, 0.3) is 0 Å². The van der Waals surface area contributed by atoms with Gasteiger partial charge in [-0.1, -0.05) is 84.4 Å². The zero-order valence-corrected chi connectivity index (χ0v) is 25.4. The molecule has 4 aromatic rings. The van der Waals surface area contributed by atoms with Crippen LogP contribution < -0.4 is 9.62 Å². The van der Waals surface area contributed by atoms with Crippen LogP contribution in [-0.4, -0.2) is 44.8 Å². The third-order valence-electron chi connectivity index (χ3n) is 7.16. The van der Waals surface area contributed by atoms with E-state index in [4.69, 9.17) is 11.6 Å². The zero-order valence-electron chi connectivity index (χ0n) is 23.8. The quantitative estimate of drug-likeness (QED) is 0.244. The van der Waals surface area contributed by atoms with E-state index in [1.54, 1.807) is 43.3 Å². The molecule has 1 N–H and O–H groups in total. The lowest BCUT2D eigenvalue weighted by Crippen LogP contribution is -2.53. The SMILES string of the molecule is CNC(=O)[C@H](Cc1ccccc1)N(Cc1ccccc1C)C(=O)CN(c1ccc(Cl)cc1C)S(=O)(=O)c1ccccc1. The molecular weight excluding hydrogens is 570 g/mol. The lowest BCUT2D eigenvalue weighted by atomic mass is 10.0. The Morgan fingerprint density at radius 3 is 2.07 bits per heavy atom. The summed E-state index contributed by atoms with van der Waals surface area (Å²) < 4.78 is 29.2. The Kier molecular flexibility index (Phi) is 10.0. The van der Waals surface area contributed by atoms with Gasteiger partial charge in [0.15, 0.2) is 0 Å². The third kappa shape index (κ3) is 7.19. The van der Waals surface area contributed by atoms with Crippen molar-refractivity contribution in [2.45, 2.75) is 37.8 Å². The van der Waals surface area contributed by atoms with Crippen LogP contribution in [0.4, 0.5) is 5.69 Å². The Bertz CT molecular complexity index is 1650. The molecule has 4 aromatic carbocycles. The number of hydrogen-bond acceptors (Lipinski definition) is 4. The van der Waals surface area contributed by atoms with Crippen molar-refractivity contribution in [3.63, 3.8) is 0 Å². The molecule has 0 radical (unpaired) electrons. The first-order chi connectivity index (χ1) is 20.1. The van der Waals surface area contributed by atoms with Crippen molar-refractivity contribution in [2.24, 2.45) is 0 Å². The van der Waals surface area contributed by atoms with E-state index in [0.29, 0.717) is 16.3 Å². The molecule has 0 heterocycles. The molecule has 7 nitrogen and oxygen atoms in total. The lowest BCUT2D eigenvalue weighted by Gasteiger charge is -2.34. The maximum atomic E-state index is 14.4. The molecule has 4 rings (SSSR count). The van der Waals surface area contributed by atoms with Crippen molar-refractivity contribution < 1.29 is 18.0 Å². The summed E-state index contributed by atoms with van der Waals surface area (Å²) in [6, 6.07) is 29.0. The van der Waals surface area contributed by atoms with Crippen molar-refractivity contribution in [2.75, 3.05) is 17.9 Å². The van der Waals surface area contributed by atoms with Gasteiger partial charge in [0.05, 0.1) is 10.6 Å². The van der Waals surface area contributed by atoms with Crippen LogP contribution in [0.5, 0.6) is 0 Å². The van der Waals surface area contributed by atoms with Gasteiger partial charge in [0.1, 0.15) is 12.6 Å². The van der Waals surface area contributed by atoms with E-state index >= 15 is 0 Å². The Balaban J connectivity index is 1.81. The van der Waals surface area contributed by atoms with E-state index in [-0.39, 0.29) is 23.8 Å². The molecule has 0 spiro atoms. The first-order valence-corrected chi connectivity index (χ1v) is 15.4. The van der Waals surface area contributed by atoms with Crippen LogP contribution in [0.3, 0.4) is 0 Å². The van der Waals surface area contributed by atoms with E-state index in [1.807, 2.05) is 61.5 Å². The van der Waals surface area contributed by atoms with Gasteiger partial charge in [-0.05, 0) is 66.4 Å². The highest BCUT2D eigenvalue weighted by Gasteiger charge is 2.35. The fourth-order valence-electron chi connectivity index (χ4n) is 4.82. The number of sulfonamides is 1. The van der Waals surface area contributed by atoms with Gasteiger partial charge in [0.2, 0.25) is 11.8 Å². The smallest absolute Gasteiger partial charge is 0.264 e. The molecule has 42 heavy (non-hydrogen) atoms. The topological polar surface area (TPSA) is 86.8 Å². The van der Waals surface area contributed by atoms with Crippen LogP contribution in [0.1, 0.15) is 22.3 Å². The van der Waals surface area contributed by atoms with Crippen molar-refractivity contribution in [3.05, 3.63) is 130 Å². The maximum Gasteiger partial charge on any atom is 0.264 e. The summed E-state index contributed by atoms with van der Waals surface area (Å²) in [6.07, 6.45) is 0.254. The second-order valence-corrected chi connectivity index (χ2v) is 12.3. The Morgan fingerprint density at radius 2 is 1.45 bits per heavy atom. The number of halogens is 1. The monoisotopic (exact) mass is 603 g/mol. The number of nitrogens with zero attached hydrogens (tertiary/aromatic N) is 2. The molecular formula is C33H34ClN3O4S. The fraction of sp³-hybridized carbons (Fsp3) is 0.212. The molecule has 9 heteroatoms. The van der Waals surface area contributed by atoms with Gasteiger partial charge in [-0.3, -0.25) is 13.9 Å². The predicted molar refractivity (Wildman–Crippen MR) is 167 cm³/mol. The second-order valence-electron chi connectivity index (χ2n) is 10.0. The molecule has 0 aromatic heterocycles. The van der Waals surface area contributed by atoms with Gasteiger partial charge in [0.25, 0.3) is 10.0 Å². The number of anilines is 1. The number of benzene rings is 4. The number of carbonyl (C=O) groups is 2. The van der Waals surface area contributed by atoms with Crippen molar-refractivity contribution in [1.29, 1.82) is 0 Å². The normalized spacial score (nSPS) is 11.9. The molecule has 0 aliphatic rings. The third-order valence-corrected chi connectivity index (χ3v) is 9.17. The zero-order chi connectivity index (χ0) is 30.3. The minimum Gasteiger partial charge on any atom is -0.357 e. The number of aryl methyl sites for hydroxylation is 2. The highest BCUT2D eigenvalue weighted by molar-refractivity contribution is 7.92. The van der Waals surface area contributed by atoms with E-state index in [0.717, 1.165) is 21.0 Å². The van der Waals surface area contributed by atoms with Crippen LogP contribution in [0.15, 0.2) is 108 Å². The number of carbonyl (C=O) groups excluding carboxylic acids is 2. The second kappa shape index (κ2) is 13.7. The molecule has 0 saturated carbocycles. The van der Waals surface area contributed by atoms with E-state index in [1.165, 1.54) is 24.1 Å². The average Bonchev–Trinajstić information content (AvgIpc) is 2.99. The van der Waals surface area contributed by atoms with Crippen molar-refractivity contribution >= 4 is 39.1 Å². The summed E-state index contributed by atoms with van der Waals surface area (Å²) in [7, 11) is -2.64. The molecule has 1 atom stereocenters.